The van der Waals surface area contributed by atoms with Crippen molar-refractivity contribution in [3.8, 4) is 17.2 Å². The van der Waals surface area contributed by atoms with Crippen molar-refractivity contribution in [3.05, 3.63) is 87.8 Å². The Balaban J connectivity index is 1.45. The van der Waals surface area contributed by atoms with Crippen LogP contribution in [0.5, 0.6) is 17.2 Å². The van der Waals surface area contributed by atoms with E-state index in [0.29, 0.717) is 54.3 Å². The molecule has 3 aromatic rings. The number of pyridine rings is 1. The lowest BCUT2D eigenvalue weighted by atomic mass is 10.0. The van der Waals surface area contributed by atoms with E-state index < -0.39 is 6.10 Å². The predicted molar refractivity (Wildman–Crippen MR) is 158 cm³/mol. The molecule has 4 bridgehead atoms. The van der Waals surface area contributed by atoms with Crippen LogP contribution in [0.25, 0.3) is 0 Å². The summed E-state index contributed by atoms with van der Waals surface area (Å²) in [5.74, 6) is 0.558. The summed E-state index contributed by atoms with van der Waals surface area (Å²) < 4.78 is 19.4. The van der Waals surface area contributed by atoms with Crippen LogP contribution in [0, 0.1) is 0 Å². The molecule has 2 aliphatic rings. The number of carbonyl (C=O) groups excluding carboxylic acids is 3. The maximum atomic E-state index is 13.6. The van der Waals surface area contributed by atoms with Crippen molar-refractivity contribution in [2.45, 2.75) is 38.5 Å². The minimum atomic E-state index is -0.519. The second-order valence-electron chi connectivity index (χ2n) is 10.8. The topological polar surface area (TPSA) is 119 Å². The third-order valence-corrected chi connectivity index (χ3v) is 7.64. The van der Waals surface area contributed by atoms with Crippen molar-refractivity contribution in [2.75, 3.05) is 33.3 Å². The highest BCUT2D eigenvalue weighted by atomic mass is 16.5. The van der Waals surface area contributed by atoms with E-state index in [4.69, 9.17) is 14.2 Å². The van der Waals surface area contributed by atoms with Crippen LogP contribution in [0.15, 0.2) is 65.6 Å². The van der Waals surface area contributed by atoms with Gasteiger partial charge in [-0.2, -0.15) is 0 Å². The van der Waals surface area contributed by atoms with Gasteiger partial charge in [-0.25, -0.2) is 0 Å². The molecule has 1 aromatic heterocycles. The number of ether oxygens (including phenoxy) is 3. The van der Waals surface area contributed by atoms with Crippen molar-refractivity contribution in [3.63, 3.8) is 0 Å². The van der Waals surface area contributed by atoms with Gasteiger partial charge in [-0.05, 0) is 54.8 Å². The molecule has 0 aliphatic carbocycles. The van der Waals surface area contributed by atoms with Crippen LogP contribution in [0.1, 0.15) is 46.0 Å². The van der Waals surface area contributed by atoms with Gasteiger partial charge in [0, 0.05) is 44.5 Å². The maximum absolute atomic E-state index is 13.6. The number of piperidine rings is 1. The van der Waals surface area contributed by atoms with E-state index in [2.05, 4.69) is 5.32 Å². The highest BCUT2D eigenvalue weighted by Crippen LogP contribution is 2.33. The highest BCUT2D eigenvalue weighted by molar-refractivity contribution is 5.97. The molecule has 43 heavy (non-hydrogen) atoms. The van der Waals surface area contributed by atoms with Crippen molar-refractivity contribution < 1.29 is 28.6 Å². The minimum Gasteiger partial charge on any atom is -0.493 e. The van der Waals surface area contributed by atoms with E-state index in [1.807, 2.05) is 25.1 Å². The number of rotatable bonds is 4. The smallest absolute Gasteiger partial charge is 0.255 e. The number of carbonyl (C=O) groups is 3. The number of benzene rings is 2. The van der Waals surface area contributed by atoms with Gasteiger partial charge < -0.3 is 33.9 Å². The molecule has 2 aliphatic heterocycles. The van der Waals surface area contributed by atoms with E-state index in [1.165, 1.54) is 34.9 Å². The largest absolute Gasteiger partial charge is 0.493 e. The van der Waals surface area contributed by atoms with Crippen LogP contribution in [0.2, 0.25) is 0 Å². The summed E-state index contributed by atoms with van der Waals surface area (Å²) in [6.45, 7) is 3.06. The van der Waals surface area contributed by atoms with Gasteiger partial charge in [-0.3, -0.25) is 19.2 Å². The number of nitrogens with zero attached hydrogens (tertiary/aromatic N) is 3. The molecule has 3 amide bonds. The van der Waals surface area contributed by atoms with Gasteiger partial charge in [0.25, 0.3) is 11.8 Å². The van der Waals surface area contributed by atoms with E-state index in [0.717, 1.165) is 5.56 Å². The van der Waals surface area contributed by atoms with Crippen LogP contribution in [-0.4, -0.2) is 77.5 Å². The van der Waals surface area contributed by atoms with Gasteiger partial charge in [-0.1, -0.05) is 19.1 Å². The third kappa shape index (κ3) is 6.89. The zero-order valence-corrected chi connectivity index (χ0v) is 24.6. The maximum Gasteiger partial charge on any atom is 0.255 e. The van der Waals surface area contributed by atoms with Crippen LogP contribution >= 0.6 is 0 Å². The number of aromatic nitrogens is 1. The summed E-state index contributed by atoms with van der Waals surface area (Å²) in [4.78, 5) is 55.3. The van der Waals surface area contributed by atoms with Gasteiger partial charge in [0.1, 0.15) is 5.75 Å². The fourth-order valence-electron chi connectivity index (χ4n) is 5.39. The average Bonchev–Trinajstić information content (AvgIpc) is 3.00. The van der Waals surface area contributed by atoms with Crippen molar-refractivity contribution in [2.24, 2.45) is 7.05 Å². The number of likely N-dealkylation sites (tertiary alicyclic amines) is 1. The van der Waals surface area contributed by atoms with E-state index in [-0.39, 0.29) is 49.0 Å². The second-order valence-corrected chi connectivity index (χ2v) is 10.8. The molecule has 2 aromatic carbocycles. The van der Waals surface area contributed by atoms with Crippen LogP contribution in [-0.2, 0) is 23.2 Å². The zero-order chi connectivity index (χ0) is 30.5. The first-order valence-corrected chi connectivity index (χ1v) is 14.4. The molecular weight excluding hydrogens is 552 g/mol. The molecule has 0 spiro atoms. The van der Waals surface area contributed by atoms with Crippen LogP contribution in [0.3, 0.4) is 0 Å². The normalized spacial score (nSPS) is 19.2. The summed E-state index contributed by atoms with van der Waals surface area (Å²) in [5.41, 5.74) is 1.41. The fraction of sp³-hybridized carbons (Fsp3) is 0.375. The number of fused-ring (bicyclic) bond motifs is 5. The fourth-order valence-corrected chi connectivity index (χ4v) is 5.39. The van der Waals surface area contributed by atoms with Crippen molar-refractivity contribution in [1.82, 2.24) is 19.7 Å². The Labute approximate surface area is 249 Å². The quantitative estimate of drug-likeness (QED) is 0.498. The molecule has 11 nitrogen and oxygen atoms in total. The summed E-state index contributed by atoms with van der Waals surface area (Å²) in [6.07, 6.45) is 2.13. The Morgan fingerprint density at radius 3 is 2.70 bits per heavy atom. The molecule has 0 radical (unpaired) electrons. The molecule has 3 heterocycles. The molecule has 226 valence electrons. The zero-order valence-electron chi connectivity index (χ0n) is 24.6. The monoisotopic (exact) mass is 588 g/mol. The number of aryl methyl sites for hydroxylation is 1. The number of hydrogen-bond donors (Lipinski definition) is 1. The lowest BCUT2D eigenvalue weighted by molar-refractivity contribution is -0.124. The molecular formula is C32H36N4O7. The van der Waals surface area contributed by atoms with Crippen LogP contribution < -0.4 is 20.3 Å². The molecule has 1 fully saturated rings. The highest BCUT2D eigenvalue weighted by Gasteiger charge is 2.34. The van der Waals surface area contributed by atoms with Gasteiger partial charge >= 0.3 is 0 Å². The lowest BCUT2D eigenvalue weighted by Gasteiger charge is -2.39. The van der Waals surface area contributed by atoms with Gasteiger partial charge in [-0.15, -0.1) is 0 Å². The minimum absolute atomic E-state index is 0.127. The first-order chi connectivity index (χ1) is 20.7. The molecule has 1 N–H and O–H groups in total. The number of hydrogen-bond acceptors (Lipinski definition) is 7. The Hall–Kier alpha value is -4.64. The number of nitrogens with one attached hydrogen (secondary N) is 1. The van der Waals surface area contributed by atoms with Gasteiger partial charge in [0.2, 0.25) is 11.5 Å². The molecule has 2 atom stereocenters. The number of amides is 3. The Kier molecular flexibility index (Phi) is 9.10. The molecule has 1 saturated heterocycles. The van der Waals surface area contributed by atoms with Gasteiger partial charge in [0.15, 0.2) is 11.5 Å². The molecule has 5 rings (SSSR count). The van der Waals surface area contributed by atoms with E-state index in [9.17, 15) is 19.2 Å². The van der Waals surface area contributed by atoms with E-state index >= 15 is 0 Å². The van der Waals surface area contributed by atoms with E-state index in [1.54, 1.807) is 36.2 Å². The Morgan fingerprint density at radius 2 is 1.93 bits per heavy atom. The summed E-state index contributed by atoms with van der Waals surface area (Å²) in [6, 6.07) is 14.9. The Morgan fingerprint density at radius 1 is 1.09 bits per heavy atom. The average molecular weight is 589 g/mol. The standard InChI is InChI=1S/C32H36N4O7/c1-4-13-35-19-29(37)33-25-12-14-36(32(40)23-9-11-30(38)34(2)17-23)18-28(25)42-20-21-6-5-7-24(15-21)43-27-16-22(31(35)39)8-10-26(27)41-3/h5-11,15-17,25,28H,4,12-14,18-20H2,1-3H3,(H,33,37)/t25-,28-/m0/s1. The Bertz CT molecular complexity index is 1570. The van der Waals surface area contributed by atoms with Crippen molar-refractivity contribution >= 4 is 17.7 Å². The first-order valence-electron chi connectivity index (χ1n) is 14.4. The molecule has 11 heteroatoms. The second kappa shape index (κ2) is 13.1. The van der Waals surface area contributed by atoms with Crippen LogP contribution in [0.4, 0.5) is 0 Å². The lowest BCUT2D eigenvalue weighted by Crippen LogP contribution is -2.57. The van der Waals surface area contributed by atoms with Gasteiger partial charge in [0.05, 0.1) is 38.0 Å². The predicted octanol–water partition coefficient (Wildman–Crippen LogP) is 2.97. The first kappa shape index (κ1) is 29.8. The summed E-state index contributed by atoms with van der Waals surface area (Å²) in [5, 5.41) is 3.07. The summed E-state index contributed by atoms with van der Waals surface area (Å²) in [7, 11) is 3.13. The van der Waals surface area contributed by atoms with Crippen molar-refractivity contribution in [1.29, 1.82) is 0 Å². The molecule has 0 unspecified atom stereocenters. The SMILES string of the molecule is CCCN1CC(=O)N[C@H]2CCN(C(=O)c3ccc(=O)n(C)c3)C[C@@H]2OCc2cccc(c2)Oc2cc(ccc2OC)C1=O. The third-order valence-electron chi connectivity index (χ3n) is 7.64. The summed E-state index contributed by atoms with van der Waals surface area (Å²) >= 11 is 0. The number of methoxy groups -OCH3 is 1. The molecule has 0 saturated carbocycles.